The standard InChI is InChI=1S/C23H28N6O/c1-3-17-7-9-18(10-8-17)24-21-26-22(28-23(27-21)29-15-5-6-16-29)25-19-11-13-20(14-12-19)30-4-2/h7-14H,3-6,15-16H2,1-2H3,(H2,24,25,26,27,28). The van der Waals surface area contributed by atoms with E-state index < -0.39 is 0 Å². The topological polar surface area (TPSA) is 75.2 Å². The number of aryl methyl sites for hydroxylation is 1. The molecule has 0 bridgehead atoms. The Morgan fingerprint density at radius 1 is 0.800 bits per heavy atom. The van der Waals surface area contributed by atoms with Gasteiger partial charge in [0.25, 0.3) is 0 Å². The van der Waals surface area contributed by atoms with E-state index in [1.807, 2.05) is 31.2 Å². The number of nitrogens with one attached hydrogen (secondary N) is 2. The van der Waals surface area contributed by atoms with Crippen LogP contribution in [0.25, 0.3) is 0 Å². The summed E-state index contributed by atoms with van der Waals surface area (Å²) in [7, 11) is 0. The molecule has 1 aromatic heterocycles. The fourth-order valence-electron chi connectivity index (χ4n) is 3.42. The monoisotopic (exact) mass is 404 g/mol. The van der Waals surface area contributed by atoms with Crippen molar-refractivity contribution in [3.63, 3.8) is 0 Å². The van der Waals surface area contributed by atoms with Crippen LogP contribution >= 0.6 is 0 Å². The van der Waals surface area contributed by atoms with Crippen molar-refractivity contribution in [1.29, 1.82) is 0 Å². The maximum Gasteiger partial charge on any atom is 0.233 e. The van der Waals surface area contributed by atoms with Crippen LogP contribution in [-0.4, -0.2) is 34.6 Å². The molecule has 7 nitrogen and oxygen atoms in total. The van der Waals surface area contributed by atoms with Crippen molar-refractivity contribution in [2.75, 3.05) is 35.2 Å². The third-order valence-electron chi connectivity index (χ3n) is 5.05. The Bertz CT molecular complexity index is 952. The summed E-state index contributed by atoms with van der Waals surface area (Å²) in [6, 6.07) is 16.1. The molecule has 0 atom stereocenters. The second kappa shape index (κ2) is 9.43. The van der Waals surface area contributed by atoms with Crippen molar-refractivity contribution in [2.45, 2.75) is 33.1 Å². The van der Waals surface area contributed by atoms with Gasteiger partial charge >= 0.3 is 0 Å². The largest absolute Gasteiger partial charge is 0.494 e. The lowest BCUT2D eigenvalue weighted by atomic mass is 10.1. The van der Waals surface area contributed by atoms with Crippen LogP contribution in [0.1, 0.15) is 32.3 Å². The van der Waals surface area contributed by atoms with Gasteiger partial charge in [-0.05, 0) is 68.1 Å². The minimum absolute atomic E-state index is 0.517. The molecule has 1 fully saturated rings. The first-order chi connectivity index (χ1) is 14.7. The molecule has 156 valence electrons. The molecule has 0 radical (unpaired) electrons. The first kappa shape index (κ1) is 19.9. The molecule has 1 aliphatic rings. The van der Waals surface area contributed by atoms with E-state index in [1.165, 1.54) is 5.56 Å². The third kappa shape index (κ3) is 4.97. The van der Waals surface area contributed by atoms with Gasteiger partial charge in [0, 0.05) is 24.5 Å². The summed E-state index contributed by atoms with van der Waals surface area (Å²) in [5.41, 5.74) is 3.15. The van der Waals surface area contributed by atoms with Crippen molar-refractivity contribution < 1.29 is 4.74 Å². The van der Waals surface area contributed by atoms with E-state index >= 15 is 0 Å². The summed E-state index contributed by atoms with van der Waals surface area (Å²) in [6.07, 6.45) is 3.34. The molecule has 1 aliphatic heterocycles. The summed E-state index contributed by atoms with van der Waals surface area (Å²) in [5, 5.41) is 6.62. The Morgan fingerprint density at radius 2 is 1.37 bits per heavy atom. The van der Waals surface area contributed by atoms with Gasteiger partial charge in [0.15, 0.2) is 0 Å². The Kier molecular flexibility index (Phi) is 6.27. The van der Waals surface area contributed by atoms with Gasteiger partial charge < -0.3 is 20.3 Å². The SMILES string of the molecule is CCOc1ccc(Nc2nc(Nc3ccc(CC)cc3)nc(N3CCCC3)n2)cc1. The zero-order valence-electron chi connectivity index (χ0n) is 17.6. The highest BCUT2D eigenvalue weighted by Crippen LogP contribution is 2.24. The van der Waals surface area contributed by atoms with Crippen LogP contribution < -0.4 is 20.3 Å². The van der Waals surface area contributed by atoms with Crippen molar-refractivity contribution in [3.05, 3.63) is 54.1 Å². The van der Waals surface area contributed by atoms with Crippen molar-refractivity contribution in [1.82, 2.24) is 15.0 Å². The molecule has 0 saturated carbocycles. The molecule has 2 aromatic carbocycles. The molecule has 1 saturated heterocycles. The molecule has 2 N–H and O–H groups in total. The lowest BCUT2D eigenvalue weighted by molar-refractivity contribution is 0.340. The minimum atomic E-state index is 0.517. The number of hydrogen-bond donors (Lipinski definition) is 2. The zero-order chi connectivity index (χ0) is 20.8. The van der Waals surface area contributed by atoms with Gasteiger partial charge in [-0.25, -0.2) is 0 Å². The van der Waals surface area contributed by atoms with Gasteiger partial charge in [0.1, 0.15) is 5.75 Å². The zero-order valence-corrected chi connectivity index (χ0v) is 17.6. The number of nitrogens with zero attached hydrogens (tertiary/aromatic N) is 4. The van der Waals surface area contributed by atoms with Crippen LogP contribution in [0.15, 0.2) is 48.5 Å². The first-order valence-electron chi connectivity index (χ1n) is 10.6. The quantitative estimate of drug-likeness (QED) is 0.552. The molecule has 4 rings (SSSR count). The highest BCUT2D eigenvalue weighted by molar-refractivity contribution is 5.60. The lowest BCUT2D eigenvalue weighted by Crippen LogP contribution is -2.21. The van der Waals surface area contributed by atoms with E-state index in [1.54, 1.807) is 0 Å². The van der Waals surface area contributed by atoms with Crippen molar-refractivity contribution in [2.24, 2.45) is 0 Å². The van der Waals surface area contributed by atoms with Gasteiger partial charge in [0.05, 0.1) is 6.61 Å². The Labute approximate surface area is 177 Å². The molecule has 0 amide bonds. The second-order valence-corrected chi connectivity index (χ2v) is 7.23. The molecule has 7 heteroatoms. The molecule has 2 heterocycles. The first-order valence-corrected chi connectivity index (χ1v) is 10.6. The minimum Gasteiger partial charge on any atom is -0.494 e. The fraction of sp³-hybridized carbons (Fsp3) is 0.348. The smallest absolute Gasteiger partial charge is 0.233 e. The van der Waals surface area contributed by atoms with Crippen LogP contribution in [0.3, 0.4) is 0 Å². The van der Waals surface area contributed by atoms with Gasteiger partial charge in [-0.1, -0.05) is 19.1 Å². The summed E-state index contributed by atoms with van der Waals surface area (Å²) in [5.74, 6) is 2.59. The maximum atomic E-state index is 5.51. The molecule has 0 unspecified atom stereocenters. The van der Waals surface area contributed by atoms with E-state index in [0.29, 0.717) is 24.5 Å². The number of anilines is 5. The maximum absolute atomic E-state index is 5.51. The number of ether oxygens (including phenoxy) is 1. The van der Waals surface area contributed by atoms with Crippen LogP contribution in [0.2, 0.25) is 0 Å². The van der Waals surface area contributed by atoms with Gasteiger partial charge in [-0.3, -0.25) is 0 Å². The molecular weight excluding hydrogens is 376 g/mol. The number of rotatable bonds is 8. The van der Waals surface area contributed by atoms with Crippen LogP contribution in [0.4, 0.5) is 29.2 Å². The highest BCUT2D eigenvalue weighted by atomic mass is 16.5. The van der Waals surface area contributed by atoms with Crippen LogP contribution in [0.5, 0.6) is 5.75 Å². The van der Waals surface area contributed by atoms with Crippen molar-refractivity contribution in [3.8, 4) is 5.75 Å². The van der Waals surface area contributed by atoms with Gasteiger partial charge in [-0.2, -0.15) is 15.0 Å². The Hall–Kier alpha value is -3.35. The molecule has 3 aromatic rings. The average Bonchev–Trinajstić information content (AvgIpc) is 3.31. The predicted octanol–water partition coefficient (Wildman–Crippen LogP) is 4.92. The molecular formula is C23H28N6O. The molecule has 0 spiro atoms. The Balaban J connectivity index is 1.58. The Morgan fingerprint density at radius 3 is 1.90 bits per heavy atom. The van der Waals surface area contributed by atoms with Gasteiger partial charge in [-0.15, -0.1) is 0 Å². The van der Waals surface area contributed by atoms with E-state index in [4.69, 9.17) is 4.74 Å². The molecule has 30 heavy (non-hydrogen) atoms. The number of aromatic nitrogens is 3. The fourth-order valence-corrected chi connectivity index (χ4v) is 3.42. The number of benzene rings is 2. The van der Waals surface area contributed by atoms with Crippen LogP contribution in [-0.2, 0) is 6.42 Å². The average molecular weight is 405 g/mol. The van der Waals surface area contributed by atoms with E-state index in [9.17, 15) is 0 Å². The summed E-state index contributed by atoms with van der Waals surface area (Å²) >= 11 is 0. The van der Waals surface area contributed by atoms with E-state index in [-0.39, 0.29) is 0 Å². The lowest BCUT2D eigenvalue weighted by Gasteiger charge is -2.17. The predicted molar refractivity (Wildman–Crippen MR) is 121 cm³/mol. The third-order valence-corrected chi connectivity index (χ3v) is 5.05. The van der Waals surface area contributed by atoms with Crippen LogP contribution in [0, 0.1) is 0 Å². The van der Waals surface area contributed by atoms with Gasteiger partial charge in [0.2, 0.25) is 17.8 Å². The van der Waals surface area contributed by atoms with Crippen molar-refractivity contribution >= 4 is 29.2 Å². The summed E-state index contributed by atoms with van der Waals surface area (Å²) in [6.45, 7) is 6.71. The normalized spacial score (nSPS) is 13.3. The summed E-state index contributed by atoms with van der Waals surface area (Å²) < 4.78 is 5.51. The molecule has 0 aliphatic carbocycles. The number of hydrogen-bond acceptors (Lipinski definition) is 7. The second-order valence-electron chi connectivity index (χ2n) is 7.23. The van der Waals surface area contributed by atoms with E-state index in [0.717, 1.165) is 49.5 Å². The summed E-state index contributed by atoms with van der Waals surface area (Å²) in [4.78, 5) is 16.1. The van der Waals surface area contributed by atoms with E-state index in [2.05, 4.69) is 61.7 Å². The highest BCUT2D eigenvalue weighted by Gasteiger charge is 2.17.